The van der Waals surface area contributed by atoms with Gasteiger partial charge < -0.3 is 16.4 Å². The minimum absolute atomic E-state index is 0. The van der Waals surface area contributed by atoms with E-state index in [-0.39, 0.29) is 30.7 Å². The van der Waals surface area contributed by atoms with Crippen LogP contribution >= 0.6 is 48.0 Å². The van der Waals surface area contributed by atoms with Gasteiger partial charge in [0.2, 0.25) is 5.91 Å². The van der Waals surface area contributed by atoms with E-state index >= 15 is 0 Å². The third-order valence-corrected chi connectivity index (χ3v) is 4.20. The van der Waals surface area contributed by atoms with Gasteiger partial charge in [0.15, 0.2) is 0 Å². The van der Waals surface area contributed by atoms with Crippen molar-refractivity contribution in [3.05, 3.63) is 22.3 Å². The van der Waals surface area contributed by atoms with E-state index in [1.54, 1.807) is 6.07 Å². The van der Waals surface area contributed by atoms with Crippen molar-refractivity contribution in [1.29, 1.82) is 0 Å². The van der Waals surface area contributed by atoms with Gasteiger partial charge >= 0.3 is 0 Å². The second-order valence-electron chi connectivity index (χ2n) is 5.38. The number of anilines is 1. The van der Waals surface area contributed by atoms with Crippen LogP contribution in [0.3, 0.4) is 0 Å². The summed E-state index contributed by atoms with van der Waals surface area (Å²) < 4.78 is 0. The van der Waals surface area contributed by atoms with Crippen molar-refractivity contribution in [2.75, 3.05) is 18.4 Å². The van der Waals surface area contributed by atoms with Crippen molar-refractivity contribution in [2.24, 2.45) is 5.73 Å². The van der Waals surface area contributed by atoms with Crippen LogP contribution in [-0.2, 0) is 4.79 Å². The van der Waals surface area contributed by atoms with E-state index in [4.69, 9.17) is 28.9 Å². The zero-order chi connectivity index (χ0) is 15.3. The van der Waals surface area contributed by atoms with Crippen LogP contribution in [0, 0.1) is 0 Å². The normalized spacial score (nSPS) is 15.8. The molecule has 1 aliphatic rings. The summed E-state index contributed by atoms with van der Waals surface area (Å²) in [6.07, 6.45) is 6.24. The molecule has 5 nitrogen and oxygen atoms in total. The Morgan fingerprint density at radius 2 is 1.87 bits per heavy atom. The molecule has 0 atom stereocenters. The predicted molar refractivity (Wildman–Crippen MR) is 100 cm³/mol. The molecule has 1 aromatic heterocycles. The highest BCUT2D eigenvalue weighted by Gasteiger charge is 2.34. The van der Waals surface area contributed by atoms with Gasteiger partial charge in [-0.25, -0.2) is 4.98 Å². The summed E-state index contributed by atoms with van der Waals surface area (Å²) in [4.78, 5) is 16.2. The van der Waals surface area contributed by atoms with E-state index in [9.17, 15) is 4.79 Å². The summed E-state index contributed by atoms with van der Waals surface area (Å²) >= 11 is 11.8. The molecule has 132 valence electrons. The summed E-state index contributed by atoms with van der Waals surface area (Å²) in [6, 6.07) is 1.62. The number of amides is 1. The highest BCUT2D eigenvalue weighted by Crippen LogP contribution is 2.26. The van der Waals surface area contributed by atoms with Crippen LogP contribution in [0.5, 0.6) is 0 Å². The third-order valence-electron chi connectivity index (χ3n) is 3.71. The van der Waals surface area contributed by atoms with E-state index in [1.165, 1.54) is 6.20 Å². The van der Waals surface area contributed by atoms with Crippen LogP contribution in [-0.4, -0.2) is 29.5 Å². The Morgan fingerprint density at radius 3 is 2.48 bits per heavy atom. The first-order valence-electron chi connectivity index (χ1n) is 7.13. The predicted octanol–water partition coefficient (Wildman–Crippen LogP) is 3.42. The minimum atomic E-state index is -0.700. The lowest BCUT2D eigenvalue weighted by atomic mass is 9.82. The highest BCUT2D eigenvalue weighted by atomic mass is 35.5. The molecule has 0 bridgehead atoms. The summed E-state index contributed by atoms with van der Waals surface area (Å²) in [7, 11) is 0. The fourth-order valence-corrected chi connectivity index (χ4v) is 2.93. The van der Waals surface area contributed by atoms with E-state index in [0.717, 1.165) is 32.1 Å². The van der Waals surface area contributed by atoms with Gasteiger partial charge in [0.1, 0.15) is 5.82 Å². The standard InChI is InChI=1S/C14H20Cl2N4O.2ClH/c15-10-8-11(16)12(20-9-10)18-6-7-19-13(21)14(17)4-2-1-3-5-14;;/h8-9H,1-7,17H2,(H,18,20)(H,19,21);2*1H. The molecule has 0 radical (unpaired) electrons. The molecule has 4 N–H and O–H groups in total. The van der Waals surface area contributed by atoms with Gasteiger partial charge in [0.25, 0.3) is 0 Å². The molecular weight excluding hydrogens is 382 g/mol. The second-order valence-corrected chi connectivity index (χ2v) is 6.23. The first-order chi connectivity index (χ1) is 10.0. The molecule has 0 aliphatic heterocycles. The maximum Gasteiger partial charge on any atom is 0.240 e. The minimum Gasteiger partial charge on any atom is -0.367 e. The molecule has 0 saturated heterocycles. The van der Waals surface area contributed by atoms with Crippen molar-refractivity contribution in [1.82, 2.24) is 10.3 Å². The Balaban J connectivity index is 0.00000242. The molecule has 9 heteroatoms. The lowest BCUT2D eigenvalue weighted by Crippen LogP contribution is -2.55. The number of hydrogen-bond donors (Lipinski definition) is 3. The maximum absolute atomic E-state index is 12.1. The number of pyridine rings is 1. The van der Waals surface area contributed by atoms with Gasteiger partial charge in [-0.15, -0.1) is 24.8 Å². The maximum atomic E-state index is 12.1. The van der Waals surface area contributed by atoms with E-state index in [2.05, 4.69) is 15.6 Å². The summed E-state index contributed by atoms with van der Waals surface area (Å²) in [5.74, 6) is 0.481. The van der Waals surface area contributed by atoms with Crippen LogP contribution in [0.15, 0.2) is 12.3 Å². The number of nitrogens with one attached hydrogen (secondary N) is 2. The van der Waals surface area contributed by atoms with Gasteiger partial charge in [0, 0.05) is 19.3 Å². The van der Waals surface area contributed by atoms with E-state index < -0.39 is 5.54 Å². The topological polar surface area (TPSA) is 80.0 Å². The van der Waals surface area contributed by atoms with Crippen molar-refractivity contribution >= 4 is 59.7 Å². The molecular formula is C14H22Cl4N4O. The first-order valence-corrected chi connectivity index (χ1v) is 7.89. The van der Waals surface area contributed by atoms with E-state index in [1.807, 2.05) is 0 Å². The summed E-state index contributed by atoms with van der Waals surface area (Å²) in [6.45, 7) is 0.995. The summed E-state index contributed by atoms with van der Waals surface area (Å²) in [5, 5.41) is 6.87. The molecule has 1 aromatic rings. The lowest BCUT2D eigenvalue weighted by Gasteiger charge is -2.31. The second kappa shape index (κ2) is 10.4. The number of carbonyl (C=O) groups excluding carboxylic acids is 1. The number of carbonyl (C=O) groups is 1. The average molecular weight is 404 g/mol. The molecule has 1 heterocycles. The Kier molecular flexibility index (Phi) is 10.2. The zero-order valence-electron chi connectivity index (χ0n) is 12.6. The zero-order valence-corrected chi connectivity index (χ0v) is 15.8. The van der Waals surface area contributed by atoms with Crippen molar-refractivity contribution in [3.63, 3.8) is 0 Å². The number of hydrogen-bond acceptors (Lipinski definition) is 4. The van der Waals surface area contributed by atoms with Crippen molar-refractivity contribution in [2.45, 2.75) is 37.6 Å². The fourth-order valence-electron chi connectivity index (χ4n) is 2.49. The van der Waals surface area contributed by atoms with Crippen molar-refractivity contribution < 1.29 is 4.79 Å². The van der Waals surface area contributed by atoms with Crippen LogP contribution in [0.25, 0.3) is 0 Å². The highest BCUT2D eigenvalue weighted by molar-refractivity contribution is 6.35. The average Bonchev–Trinajstić information content (AvgIpc) is 2.46. The number of halogens is 4. The molecule has 2 rings (SSSR count). The summed E-state index contributed by atoms with van der Waals surface area (Å²) in [5.41, 5.74) is 5.46. The Morgan fingerprint density at radius 1 is 1.22 bits per heavy atom. The molecule has 0 spiro atoms. The van der Waals surface area contributed by atoms with Crippen LogP contribution < -0.4 is 16.4 Å². The van der Waals surface area contributed by atoms with Gasteiger partial charge in [-0.2, -0.15) is 0 Å². The molecule has 23 heavy (non-hydrogen) atoms. The molecule has 1 fully saturated rings. The van der Waals surface area contributed by atoms with Crippen LogP contribution in [0.1, 0.15) is 32.1 Å². The van der Waals surface area contributed by atoms with Gasteiger partial charge in [0.05, 0.1) is 15.6 Å². The Bertz CT molecular complexity index is 510. The number of nitrogens with two attached hydrogens (primary N) is 1. The SMILES string of the molecule is Cl.Cl.NC1(C(=O)NCCNc2ncc(Cl)cc2Cl)CCCCC1. The number of rotatable bonds is 5. The van der Waals surface area contributed by atoms with Crippen molar-refractivity contribution in [3.8, 4) is 0 Å². The van der Waals surface area contributed by atoms with Gasteiger partial charge in [-0.3, -0.25) is 4.79 Å². The molecule has 1 saturated carbocycles. The number of aromatic nitrogens is 1. The van der Waals surface area contributed by atoms with Crippen LogP contribution in [0.2, 0.25) is 10.0 Å². The Hall–Kier alpha value is -0.460. The molecule has 1 amide bonds. The largest absolute Gasteiger partial charge is 0.367 e. The first kappa shape index (κ1) is 22.5. The van der Waals surface area contributed by atoms with Crippen LogP contribution in [0.4, 0.5) is 5.82 Å². The molecule has 0 aromatic carbocycles. The van der Waals surface area contributed by atoms with E-state index in [0.29, 0.717) is 29.0 Å². The van der Waals surface area contributed by atoms with Gasteiger partial charge in [-0.05, 0) is 18.9 Å². The number of nitrogens with zero attached hydrogens (tertiary/aromatic N) is 1. The molecule has 0 unspecified atom stereocenters. The Labute approximate surface area is 158 Å². The molecule has 1 aliphatic carbocycles. The monoisotopic (exact) mass is 402 g/mol. The lowest BCUT2D eigenvalue weighted by molar-refractivity contribution is -0.127. The third kappa shape index (κ3) is 6.51. The smallest absolute Gasteiger partial charge is 0.240 e. The quantitative estimate of drug-likeness (QED) is 0.658. The van der Waals surface area contributed by atoms with Gasteiger partial charge in [-0.1, -0.05) is 42.5 Å². The fraction of sp³-hybridized carbons (Fsp3) is 0.571.